The Labute approximate surface area is 120 Å². The van der Waals surface area contributed by atoms with Crippen molar-refractivity contribution in [3.63, 3.8) is 0 Å². The number of halogens is 1. The van der Waals surface area contributed by atoms with Crippen molar-refractivity contribution in [2.45, 2.75) is 18.9 Å². The smallest absolute Gasteiger partial charge is 0.278 e. The number of anilines is 1. The molecule has 0 saturated carbocycles. The first-order valence-corrected chi connectivity index (χ1v) is 7.75. The van der Waals surface area contributed by atoms with E-state index in [2.05, 4.69) is 31.0 Å². The molecule has 6 nitrogen and oxygen atoms in total. The molecule has 0 aliphatic rings. The second-order valence-corrected chi connectivity index (χ2v) is 6.51. The average Bonchev–Trinajstić information content (AvgIpc) is 2.65. The minimum absolute atomic E-state index is 0.00611. The minimum Gasteiger partial charge on any atom is -0.278 e. The van der Waals surface area contributed by atoms with Gasteiger partial charge in [-0.25, -0.2) is 4.68 Å². The third-order valence-electron chi connectivity index (χ3n) is 2.84. The van der Waals surface area contributed by atoms with Crippen LogP contribution in [0.2, 0.25) is 0 Å². The van der Waals surface area contributed by atoms with Crippen LogP contribution in [-0.2, 0) is 17.1 Å². The van der Waals surface area contributed by atoms with Crippen LogP contribution in [0.5, 0.6) is 0 Å². The van der Waals surface area contributed by atoms with E-state index < -0.39 is 10.0 Å². The van der Waals surface area contributed by atoms with Crippen LogP contribution in [0.3, 0.4) is 0 Å². The van der Waals surface area contributed by atoms with Gasteiger partial charge in [0.15, 0.2) is 4.60 Å². The molecule has 2 aromatic rings. The van der Waals surface area contributed by atoms with Gasteiger partial charge in [-0.15, -0.1) is 5.10 Å². The number of nitrogens with one attached hydrogen (secondary N) is 1. The zero-order valence-corrected chi connectivity index (χ0v) is 13.1. The van der Waals surface area contributed by atoms with Crippen LogP contribution in [0.4, 0.5) is 5.69 Å². The molecule has 0 fully saturated rings. The number of nitrogens with zero attached hydrogens (tertiary/aromatic N) is 3. The van der Waals surface area contributed by atoms with Gasteiger partial charge in [-0.3, -0.25) is 4.72 Å². The summed E-state index contributed by atoms with van der Waals surface area (Å²) in [5.41, 5.74) is 2.45. The summed E-state index contributed by atoms with van der Waals surface area (Å²) < 4.78 is 28.6. The molecule has 0 atom stereocenters. The van der Waals surface area contributed by atoms with E-state index in [0.29, 0.717) is 5.69 Å². The van der Waals surface area contributed by atoms with Gasteiger partial charge in [-0.05, 0) is 47.0 Å². The highest BCUT2D eigenvalue weighted by atomic mass is 79.9. The predicted molar refractivity (Wildman–Crippen MR) is 75.4 cm³/mol. The van der Waals surface area contributed by atoms with Crippen LogP contribution in [0.1, 0.15) is 11.1 Å². The van der Waals surface area contributed by atoms with E-state index in [0.717, 1.165) is 11.1 Å². The first kappa shape index (κ1) is 14.0. The first-order chi connectivity index (χ1) is 8.83. The lowest BCUT2D eigenvalue weighted by atomic mass is 10.1. The lowest BCUT2D eigenvalue weighted by Gasteiger charge is -2.11. The zero-order valence-electron chi connectivity index (χ0n) is 10.7. The number of rotatable bonds is 3. The van der Waals surface area contributed by atoms with Crippen LogP contribution in [-0.4, -0.2) is 23.4 Å². The molecule has 1 aromatic carbocycles. The maximum absolute atomic E-state index is 12.3. The first-order valence-electron chi connectivity index (χ1n) is 5.47. The summed E-state index contributed by atoms with van der Waals surface area (Å²) >= 11 is 3.09. The number of sulfonamides is 1. The fourth-order valence-corrected chi connectivity index (χ4v) is 3.88. The predicted octanol–water partition coefficient (Wildman–Crippen LogP) is 2.00. The Kier molecular flexibility index (Phi) is 3.64. The molecule has 0 aliphatic carbocycles. The quantitative estimate of drug-likeness (QED) is 0.923. The van der Waals surface area contributed by atoms with Crippen molar-refractivity contribution in [3.8, 4) is 0 Å². The highest BCUT2D eigenvalue weighted by Crippen LogP contribution is 2.24. The lowest BCUT2D eigenvalue weighted by Crippen LogP contribution is -2.18. The van der Waals surface area contributed by atoms with E-state index in [-0.39, 0.29) is 9.63 Å². The number of hydrogen-bond donors (Lipinski definition) is 1. The molecule has 0 bridgehead atoms. The molecule has 1 N–H and O–H groups in total. The third-order valence-corrected chi connectivity index (χ3v) is 5.09. The average molecular weight is 345 g/mol. The summed E-state index contributed by atoms with van der Waals surface area (Å²) in [4.78, 5) is 0. The summed E-state index contributed by atoms with van der Waals surface area (Å²) in [5.74, 6) is 0. The van der Waals surface area contributed by atoms with E-state index in [1.165, 1.54) is 11.7 Å². The van der Waals surface area contributed by atoms with Gasteiger partial charge in [0.25, 0.3) is 10.0 Å². The number of aromatic nitrogens is 3. The molecule has 8 heteroatoms. The summed E-state index contributed by atoms with van der Waals surface area (Å²) in [6.07, 6.45) is 0. The number of aryl methyl sites for hydroxylation is 2. The highest BCUT2D eigenvalue weighted by Gasteiger charge is 2.24. The SMILES string of the molecule is Cc1cccc(NS(=O)(=O)c2c(Br)nnn2C)c1C. The van der Waals surface area contributed by atoms with Crippen LogP contribution in [0, 0.1) is 13.8 Å². The van der Waals surface area contributed by atoms with Gasteiger partial charge < -0.3 is 0 Å². The molecule has 1 heterocycles. The largest absolute Gasteiger partial charge is 0.281 e. The Bertz CT molecular complexity index is 705. The van der Waals surface area contributed by atoms with Gasteiger partial charge in [0.05, 0.1) is 5.69 Å². The molecule has 0 spiro atoms. The molecule has 1 aromatic heterocycles. The van der Waals surface area contributed by atoms with Crippen LogP contribution in [0.15, 0.2) is 27.8 Å². The van der Waals surface area contributed by atoms with E-state index >= 15 is 0 Å². The standard InChI is InChI=1S/C11H13BrN4O2S/c1-7-5-4-6-9(8(7)2)14-19(17,18)11-10(12)13-15-16(11)3/h4-6,14H,1-3H3. The molecule has 0 unspecified atom stereocenters. The lowest BCUT2D eigenvalue weighted by molar-refractivity contribution is 0.578. The summed E-state index contributed by atoms with van der Waals surface area (Å²) in [6.45, 7) is 3.79. The van der Waals surface area contributed by atoms with Crippen LogP contribution in [0.25, 0.3) is 0 Å². The molecular weight excluding hydrogens is 332 g/mol. The van der Waals surface area contributed by atoms with Gasteiger partial charge in [-0.2, -0.15) is 8.42 Å². The number of hydrogen-bond acceptors (Lipinski definition) is 4. The number of benzene rings is 1. The molecule has 0 aliphatic heterocycles. The van der Waals surface area contributed by atoms with Gasteiger partial charge in [0, 0.05) is 7.05 Å². The Morgan fingerprint density at radius 1 is 1.32 bits per heavy atom. The molecular formula is C11H13BrN4O2S. The van der Waals surface area contributed by atoms with E-state index in [4.69, 9.17) is 0 Å². The van der Waals surface area contributed by atoms with Gasteiger partial charge >= 0.3 is 0 Å². The van der Waals surface area contributed by atoms with Gasteiger partial charge in [-0.1, -0.05) is 17.3 Å². The normalized spacial score (nSPS) is 11.6. The minimum atomic E-state index is -3.73. The van der Waals surface area contributed by atoms with Crippen LogP contribution >= 0.6 is 15.9 Å². The Hall–Kier alpha value is -1.41. The van der Waals surface area contributed by atoms with Crippen LogP contribution < -0.4 is 4.72 Å². The van der Waals surface area contributed by atoms with Crippen molar-refractivity contribution < 1.29 is 8.42 Å². The van der Waals surface area contributed by atoms with Crippen molar-refractivity contribution in [2.75, 3.05) is 4.72 Å². The molecule has 19 heavy (non-hydrogen) atoms. The van der Waals surface area contributed by atoms with E-state index in [1.54, 1.807) is 12.1 Å². The fraction of sp³-hybridized carbons (Fsp3) is 0.273. The molecule has 2 rings (SSSR count). The van der Waals surface area contributed by atoms with Crippen molar-refractivity contribution in [1.82, 2.24) is 15.0 Å². The molecule has 102 valence electrons. The van der Waals surface area contributed by atoms with Gasteiger partial charge in [0.1, 0.15) is 0 Å². The molecule has 0 saturated heterocycles. The summed E-state index contributed by atoms with van der Waals surface area (Å²) in [5, 5.41) is 7.33. The fourth-order valence-electron chi connectivity index (χ4n) is 1.66. The van der Waals surface area contributed by atoms with Crippen molar-refractivity contribution in [1.29, 1.82) is 0 Å². The second kappa shape index (κ2) is 4.93. The maximum Gasteiger partial charge on any atom is 0.281 e. The van der Waals surface area contributed by atoms with E-state index in [9.17, 15) is 8.42 Å². The third kappa shape index (κ3) is 2.64. The Morgan fingerprint density at radius 2 is 2.00 bits per heavy atom. The molecule has 0 radical (unpaired) electrons. The Balaban J connectivity index is 2.46. The second-order valence-electron chi connectivity index (χ2n) is 4.16. The van der Waals surface area contributed by atoms with Crippen molar-refractivity contribution in [2.24, 2.45) is 7.05 Å². The summed E-state index contributed by atoms with van der Waals surface area (Å²) in [6, 6.07) is 5.45. The maximum atomic E-state index is 12.3. The monoisotopic (exact) mass is 344 g/mol. The highest BCUT2D eigenvalue weighted by molar-refractivity contribution is 9.10. The summed E-state index contributed by atoms with van der Waals surface area (Å²) in [7, 11) is -2.21. The Morgan fingerprint density at radius 3 is 2.58 bits per heavy atom. The van der Waals surface area contributed by atoms with Crippen molar-refractivity contribution in [3.05, 3.63) is 33.9 Å². The van der Waals surface area contributed by atoms with Crippen molar-refractivity contribution >= 4 is 31.6 Å². The topological polar surface area (TPSA) is 76.9 Å². The zero-order chi connectivity index (χ0) is 14.2. The van der Waals surface area contributed by atoms with E-state index in [1.807, 2.05) is 19.9 Å². The van der Waals surface area contributed by atoms with Gasteiger partial charge in [0.2, 0.25) is 5.03 Å². The molecule has 0 amide bonds.